The maximum atomic E-state index is 4.17. The predicted octanol–water partition coefficient (Wildman–Crippen LogP) is 5.62. The largest absolute Gasteiger partial charge is 0.296 e. The SMILES string of the molecule is CCC(C)NC(NC(C)CC)(C1CCCCC1)C1CCCCC1. The third-order valence-corrected chi connectivity index (χ3v) is 6.69. The Morgan fingerprint density at radius 1 is 0.696 bits per heavy atom. The fourth-order valence-corrected chi connectivity index (χ4v) is 4.98. The van der Waals surface area contributed by atoms with Crippen LogP contribution in [0.4, 0.5) is 0 Å². The van der Waals surface area contributed by atoms with Crippen LogP contribution in [0.25, 0.3) is 0 Å². The highest BCUT2D eigenvalue weighted by Gasteiger charge is 2.46. The number of hydrogen-bond acceptors (Lipinski definition) is 2. The molecule has 2 saturated carbocycles. The summed E-state index contributed by atoms with van der Waals surface area (Å²) in [4.78, 5) is 0. The number of rotatable bonds is 8. The molecule has 2 rings (SSSR count). The van der Waals surface area contributed by atoms with Gasteiger partial charge in [-0.1, -0.05) is 52.4 Å². The third-order valence-electron chi connectivity index (χ3n) is 6.69. The van der Waals surface area contributed by atoms with Crippen LogP contribution >= 0.6 is 0 Å². The summed E-state index contributed by atoms with van der Waals surface area (Å²) in [7, 11) is 0. The monoisotopic (exact) mass is 322 g/mol. The van der Waals surface area contributed by atoms with E-state index in [9.17, 15) is 0 Å². The molecule has 2 unspecified atom stereocenters. The molecule has 0 aromatic heterocycles. The molecule has 0 heterocycles. The molecule has 0 aromatic carbocycles. The van der Waals surface area contributed by atoms with Crippen LogP contribution < -0.4 is 10.6 Å². The van der Waals surface area contributed by atoms with Crippen molar-refractivity contribution in [3.05, 3.63) is 0 Å². The van der Waals surface area contributed by atoms with Gasteiger partial charge in [0, 0.05) is 12.1 Å². The van der Waals surface area contributed by atoms with Crippen molar-refractivity contribution in [2.24, 2.45) is 11.8 Å². The van der Waals surface area contributed by atoms with Crippen LogP contribution in [0.2, 0.25) is 0 Å². The van der Waals surface area contributed by atoms with Crippen LogP contribution in [0.1, 0.15) is 105 Å². The second-order valence-corrected chi connectivity index (χ2v) is 8.45. The van der Waals surface area contributed by atoms with E-state index < -0.39 is 0 Å². The van der Waals surface area contributed by atoms with Crippen LogP contribution in [-0.2, 0) is 0 Å². The lowest BCUT2D eigenvalue weighted by molar-refractivity contribution is 0.0184. The van der Waals surface area contributed by atoms with Crippen LogP contribution in [0.15, 0.2) is 0 Å². The average molecular weight is 323 g/mol. The van der Waals surface area contributed by atoms with Gasteiger partial charge >= 0.3 is 0 Å². The quantitative estimate of drug-likeness (QED) is 0.567. The van der Waals surface area contributed by atoms with Crippen molar-refractivity contribution in [1.29, 1.82) is 0 Å². The van der Waals surface area contributed by atoms with Gasteiger partial charge in [-0.2, -0.15) is 0 Å². The van der Waals surface area contributed by atoms with Gasteiger partial charge in [-0.05, 0) is 64.2 Å². The smallest absolute Gasteiger partial charge is 0.0749 e. The molecule has 2 heteroatoms. The summed E-state index contributed by atoms with van der Waals surface area (Å²) in [5, 5.41) is 8.35. The average Bonchev–Trinajstić information content (AvgIpc) is 2.62. The molecule has 0 amide bonds. The van der Waals surface area contributed by atoms with Crippen LogP contribution in [0, 0.1) is 11.8 Å². The Morgan fingerprint density at radius 3 is 1.35 bits per heavy atom. The highest BCUT2D eigenvalue weighted by Crippen LogP contribution is 2.42. The Hall–Kier alpha value is -0.0800. The molecule has 0 radical (unpaired) electrons. The first-order valence-electron chi connectivity index (χ1n) is 10.7. The second-order valence-electron chi connectivity index (χ2n) is 8.45. The Kier molecular flexibility index (Phi) is 7.88. The molecule has 2 aliphatic rings. The summed E-state index contributed by atoms with van der Waals surface area (Å²) in [5.41, 5.74) is 0.186. The molecule has 0 saturated heterocycles. The van der Waals surface area contributed by atoms with Crippen molar-refractivity contribution < 1.29 is 0 Å². The van der Waals surface area contributed by atoms with Crippen LogP contribution in [-0.4, -0.2) is 17.7 Å². The van der Waals surface area contributed by atoms with Gasteiger partial charge in [0.15, 0.2) is 0 Å². The zero-order valence-corrected chi connectivity index (χ0v) is 16.3. The zero-order valence-electron chi connectivity index (χ0n) is 16.3. The zero-order chi connectivity index (χ0) is 16.7. The van der Waals surface area contributed by atoms with E-state index in [4.69, 9.17) is 0 Å². The van der Waals surface area contributed by atoms with Crippen molar-refractivity contribution in [1.82, 2.24) is 10.6 Å². The molecule has 2 aliphatic carbocycles. The molecule has 23 heavy (non-hydrogen) atoms. The van der Waals surface area contributed by atoms with Crippen LogP contribution in [0.3, 0.4) is 0 Å². The van der Waals surface area contributed by atoms with Gasteiger partial charge in [-0.25, -0.2) is 0 Å². The molecule has 2 N–H and O–H groups in total. The molecular weight excluding hydrogens is 280 g/mol. The third kappa shape index (κ3) is 4.95. The topological polar surface area (TPSA) is 24.1 Å². The standard InChI is InChI=1S/C21H42N2/c1-5-17(3)22-21(23-18(4)6-2,19-13-9-7-10-14-19)20-15-11-8-12-16-20/h17-20,22-23H,5-16H2,1-4H3. The number of hydrogen-bond donors (Lipinski definition) is 2. The normalized spacial score (nSPS) is 24.5. The maximum absolute atomic E-state index is 4.17. The van der Waals surface area contributed by atoms with E-state index >= 15 is 0 Å². The van der Waals surface area contributed by atoms with Crippen molar-refractivity contribution >= 4 is 0 Å². The molecule has 2 nitrogen and oxygen atoms in total. The molecule has 0 spiro atoms. The molecule has 136 valence electrons. The minimum Gasteiger partial charge on any atom is -0.296 e. The lowest BCUT2D eigenvalue weighted by Crippen LogP contribution is -2.70. The summed E-state index contributed by atoms with van der Waals surface area (Å²) in [6.07, 6.45) is 16.8. The Morgan fingerprint density at radius 2 is 1.04 bits per heavy atom. The fourth-order valence-electron chi connectivity index (χ4n) is 4.98. The first-order valence-corrected chi connectivity index (χ1v) is 10.7. The molecule has 0 aliphatic heterocycles. The summed E-state index contributed by atoms with van der Waals surface area (Å²) in [6.45, 7) is 9.43. The lowest BCUT2D eigenvalue weighted by Gasteiger charge is -2.53. The lowest BCUT2D eigenvalue weighted by atomic mass is 9.68. The van der Waals surface area contributed by atoms with E-state index in [2.05, 4.69) is 38.3 Å². The van der Waals surface area contributed by atoms with Crippen molar-refractivity contribution in [3.8, 4) is 0 Å². The van der Waals surface area contributed by atoms with Gasteiger partial charge in [-0.15, -0.1) is 0 Å². The molecular formula is C21H42N2. The van der Waals surface area contributed by atoms with Gasteiger partial charge in [0.25, 0.3) is 0 Å². The molecule has 2 fully saturated rings. The minimum absolute atomic E-state index is 0.186. The van der Waals surface area contributed by atoms with E-state index in [1.54, 1.807) is 0 Å². The summed E-state index contributed by atoms with van der Waals surface area (Å²) < 4.78 is 0. The Balaban J connectivity index is 2.28. The summed E-state index contributed by atoms with van der Waals surface area (Å²) in [5.74, 6) is 1.64. The Labute approximate surface area is 145 Å². The van der Waals surface area contributed by atoms with Gasteiger partial charge in [0.05, 0.1) is 5.66 Å². The van der Waals surface area contributed by atoms with Gasteiger partial charge < -0.3 is 0 Å². The Bertz CT molecular complexity index is 284. The molecule has 2 atom stereocenters. The summed E-state index contributed by atoms with van der Waals surface area (Å²) >= 11 is 0. The highest BCUT2D eigenvalue weighted by molar-refractivity contribution is 5.01. The van der Waals surface area contributed by atoms with Crippen molar-refractivity contribution in [2.45, 2.75) is 122 Å². The fraction of sp³-hybridized carbons (Fsp3) is 1.00. The predicted molar refractivity (Wildman–Crippen MR) is 102 cm³/mol. The molecule has 0 bridgehead atoms. The molecule has 0 aromatic rings. The first-order chi connectivity index (χ1) is 11.1. The van der Waals surface area contributed by atoms with E-state index in [0.29, 0.717) is 12.1 Å². The van der Waals surface area contributed by atoms with E-state index in [-0.39, 0.29) is 5.66 Å². The van der Waals surface area contributed by atoms with E-state index in [1.807, 2.05) is 0 Å². The maximum Gasteiger partial charge on any atom is 0.0749 e. The van der Waals surface area contributed by atoms with Gasteiger partial charge in [0.2, 0.25) is 0 Å². The van der Waals surface area contributed by atoms with Gasteiger partial charge in [-0.3, -0.25) is 10.6 Å². The van der Waals surface area contributed by atoms with Gasteiger partial charge in [0.1, 0.15) is 0 Å². The second kappa shape index (κ2) is 9.42. The minimum atomic E-state index is 0.186. The summed E-state index contributed by atoms with van der Waals surface area (Å²) in [6, 6.07) is 1.21. The van der Waals surface area contributed by atoms with Crippen molar-refractivity contribution in [2.75, 3.05) is 0 Å². The van der Waals surface area contributed by atoms with E-state index in [0.717, 1.165) is 11.8 Å². The highest BCUT2D eigenvalue weighted by atomic mass is 15.2. The van der Waals surface area contributed by atoms with Crippen LogP contribution in [0.5, 0.6) is 0 Å². The van der Waals surface area contributed by atoms with Crippen molar-refractivity contribution in [3.63, 3.8) is 0 Å². The van der Waals surface area contributed by atoms with E-state index in [1.165, 1.54) is 77.0 Å². The number of nitrogens with one attached hydrogen (secondary N) is 2. The first kappa shape index (κ1) is 19.2.